The van der Waals surface area contributed by atoms with Crippen molar-refractivity contribution in [2.45, 2.75) is 32.4 Å². The van der Waals surface area contributed by atoms with Crippen LogP contribution in [0.4, 0.5) is 4.79 Å². The molecule has 1 saturated heterocycles. The third kappa shape index (κ3) is 4.47. The first-order valence-corrected chi connectivity index (χ1v) is 8.66. The zero-order valence-corrected chi connectivity index (χ0v) is 14.6. The van der Waals surface area contributed by atoms with Crippen LogP contribution in [0.1, 0.15) is 32.0 Å². The first-order valence-electron chi connectivity index (χ1n) is 8.66. The van der Waals surface area contributed by atoms with Gasteiger partial charge in [0.05, 0.1) is 24.5 Å². The number of urea groups is 1. The summed E-state index contributed by atoms with van der Waals surface area (Å²) in [7, 11) is 0. The van der Waals surface area contributed by atoms with Crippen molar-refractivity contribution in [2.75, 3.05) is 13.1 Å². The summed E-state index contributed by atoms with van der Waals surface area (Å²) in [6, 6.07) is 9.32. The van der Waals surface area contributed by atoms with Gasteiger partial charge in [-0.05, 0) is 30.2 Å². The van der Waals surface area contributed by atoms with E-state index in [1.807, 2.05) is 30.3 Å². The Morgan fingerprint density at radius 2 is 2.16 bits per heavy atom. The van der Waals surface area contributed by atoms with Gasteiger partial charge in [-0.2, -0.15) is 0 Å². The number of likely N-dealkylation sites (tertiary alicyclic amines) is 1. The molecule has 1 aliphatic rings. The van der Waals surface area contributed by atoms with Crippen LogP contribution in [-0.4, -0.2) is 40.1 Å². The van der Waals surface area contributed by atoms with Crippen molar-refractivity contribution in [1.29, 1.82) is 0 Å². The highest BCUT2D eigenvalue weighted by molar-refractivity contribution is 5.75. The molecule has 25 heavy (non-hydrogen) atoms. The number of carbonyl (C=O) groups is 1. The molecule has 1 N–H and O–H groups in total. The Bertz CT molecular complexity index is 678. The van der Waals surface area contributed by atoms with Crippen LogP contribution in [0.2, 0.25) is 0 Å². The predicted molar refractivity (Wildman–Crippen MR) is 95.2 cm³/mol. The van der Waals surface area contributed by atoms with Gasteiger partial charge in [-0.3, -0.25) is 9.97 Å². The normalized spacial score (nSPS) is 18.2. The van der Waals surface area contributed by atoms with Crippen LogP contribution in [0, 0.1) is 5.92 Å². The van der Waals surface area contributed by atoms with Crippen LogP contribution < -0.4 is 10.1 Å². The van der Waals surface area contributed by atoms with Gasteiger partial charge in [0.1, 0.15) is 11.9 Å². The summed E-state index contributed by atoms with van der Waals surface area (Å²) in [6.45, 7) is 5.42. The molecule has 0 bridgehead atoms. The van der Waals surface area contributed by atoms with Gasteiger partial charge in [0.25, 0.3) is 0 Å². The lowest BCUT2D eigenvalue weighted by Crippen LogP contribution is -2.42. The van der Waals surface area contributed by atoms with Gasteiger partial charge >= 0.3 is 6.03 Å². The van der Waals surface area contributed by atoms with Gasteiger partial charge in [-0.25, -0.2) is 4.79 Å². The highest BCUT2D eigenvalue weighted by atomic mass is 16.5. The average Bonchev–Trinajstić information content (AvgIpc) is 3.09. The van der Waals surface area contributed by atoms with E-state index in [0.717, 1.165) is 17.9 Å². The van der Waals surface area contributed by atoms with Crippen LogP contribution >= 0.6 is 0 Å². The third-order valence-electron chi connectivity index (χ3n) is 4.32. The summed E-state index contributed by atoms with van der Waals surface area (Å²) >= 11 is 0. The summed E-state index contributed by atoms with van der Waals surface area (Å²) in [6.07, 6.45) is 5.98. The number of rotatable bonds is 5. The zero-order chi connectivity index (χ0) is 17.6. The number of hydrogen-bond acceptors (Lipinski definition) is 4. The van der Waals surface area contributed by atoms with Crippen molar-refractivity contribution in [2.24, 2.45) is 5.92 Å². The number of nitrogens with zero attached hydrogens (tertiary/aromatic N) is 3. The van der Waals surface area contributed by atoms with Crippen molar-refractivity contribution < 1.29 is 9.53 Å². The van der Waals surface area contributed by atoms with E-state index in [2.05, 4.69) is 29.1 Å². The Balaban J connectivity index is 1.58. The molecule has 1 fully saturated rings. The number of carbonyl (C=O) groups excluding carboxylic acids is 1. The molecule has 6 heteroatoms. The zero-order valence-electron chi connectivity index (χ0n) is 14.6. The quantitative estimate of drug-likeness (QED) is 0.908. The van der Waals surface area contributed by atoms with Gasteiger partial charge in [-0.1, -0.05) is 19.9 Å². The summed E-state index contributed by atoms with van der Waals surface area (Å²) in [5.41, 5.74) is 0.883. The van der Waals surface area contributed by atoms with E-state index in [9.17, 15) is 4.79 Å². The number of nitrogens with one attached hydrogen (secondary N) is 1. The van der Waals surface area contributed by atoms with Gasteiger partial charge in [0, 0.05) is 25.4 Å². The second-order valence-electron chi connectivity index (χ2n) is 6.59. The first-order chi connectivity index (χ1) is 12.1. The highest BCUT2D eigenvalue weighted by Crippen LogP contribution is 2.22. The van der Waals surface area contributed by atoms with Crippen LogP contribution in [0.25, 0.3) is 0 Å². The van der Waals surface area contributed by atoms with E-state index in [0.29, 0.717) is 13.1 Å². The Kier molecular flexibility index (Phi) is 5.48. The Morgan fingerprint density at radius 3 is 2.84 bits per heavy atom. The van der Waals surface area contributed by atoms with Crippen LogP contribution in [0.3, 0.4) is 0 Å². The summed E-state index contributed by atoms with van der Waals surface area (Å²) in [5, 5.41) is 3.12. The highest BCUT2D eigenvalue weighted by Gasteiger charge is 2.30. The largest absolute Gasteiger partial charge is 0.487 e. The van der Waals surface area contributed by atoms with Crippen molar-refractivity contribution in [1.82, 2.24) is 20.2 Å². The smallest absolute Gasteiger partial charge is 0.318 e. The molecule has 0 aliphatic carbocycles. The molecule has 0 radical (unpaired) electrons. The summed E-state index contributed by atoms with van der Waals surface area (Å²) in [5.74, 6) is 0.993. The standard InChI is InChI=1S/C19H24N4O2/c1-14(2)18(17-7-3-4-10-21-17)22-19(24)23-11-8-16(13-23)25-15-6-5-9-20-12-15/h3-7,9-10,12,14,16,18H,8,11,13H2,1-2H3,(H,22,24)/t16-,18+/m1/s1. The molecule has 3 rings (SSSR count). The molecule has 2 aromatic rings. The van der Waals surface area contributed by atoms with E-state index in [4.69, 9.17) is 4.74 Å². The van der Waals surface area contributed by atoms with Crippen molar-refractivity contribution in [3.8, 4) is 5.75 Å². The SMILES string of the molecule is CC(C)[C@H](NC(=O)N1CC[C@@H](Oc2cccnc2)C1)c1ccccn1. The molecule has 2 amide bonds. The summed E-state index contributed by atoms with van der Waals surface area (Å²) in [4.78, 5) is 22.9. The minimum Gasteiger partial charge on any atom is -0.487 e. The molecule has 1 aliphatic heterocycles. The summed E-state index contributed by atoms with van der Waals surface area (Å²) < 4.78 is 5.90. The second kappa shape index (κ2) is 7.96. The maximum Gasteiger partial charge on any atom is 0.318 e. The average molecular weight is 340 g/mol. The van der Waals surface area contributed by atoms with Crippen LogP contribution in [-0.2, 0) is 0 Å². The molecule has 2 aromatic heterocycles. The Labute approximate surface area is 148 Å². The fraction of sp³-hybridized carbons (Fsp3) is 0.421. The predicted octanol–water partition coefficient (Wildman–Crippen LogP) is 3.04. The molecule has 0 spiro atoms. The van der Waals surface area contributed by atoms with E-state index in [-0.39, 0.29) is 24.1 Å². The van der Waals surface area contributed by atoms with Gasteiger partial charge in [0.2, 0.25) is 0 Å². The maximum atomic E-state index is 12.7. The lowest BCUT2D eigenvalue weighted by Gasteiger charge is -2.25. The van der Waals surface area contributed by atoms with Gasteiger partial charge in [-0.15, -0.1) is 0 Å². The fourth-order valence-electron chi connectivity index (χ4n) is 2.98. The number of pyridine rings is 2. The molecular formula is C19H24N4O2. The number of aromatic nitrogens is 2. The molecule has 0 saturated carbocycles. The van der Waals surface area contributed by atoms with Crippen LogP contribution in [0.5, 0.6) is 5.75 Å². The van der Waals surface area contributed by atoms with E-state index < -0.39 is 0 Å². The third-order valence-corrected chi connectivity index (χ3v) is 4.32. The maximum absolute atomic E-state index is 12.7. The first kappa shape index (κ1) is 17.2. The monoisotopic (exact) mass is 340 g/mol. The Morgan fingerprint density at radius 1 is 1.28 bits per heavy atom. The minimum atomic E-state index is -0.105. The lowest BCUT2D eigenvalue weighted by atomic mass is 10.0. The van der Waals surface area contributed by atoms with Crippen molar-refractivity contribution in [3.05, 3.63) is 54.6 Å². The van der Waals surface area contributed by atoms with Crippen molar-refractivity contribution in [3.63, 3.8) is 0 Å². The van der Waals surface area contributed by atoms with E-state index in [1.54, 1.807) is 23.5 Å². The number of ether oxygens (including phenoxy) is 1. The second-order valence-corrected chi connectivity index (χ2v) is 6.59. The van der Waals surface area contributed by atoms with Gasteiger partial charge in [0.15, 0.2) is 0 Å². The van der Waals surface area contributed by atoms with E-state index >= 15 is 0 Å². The molecule has 2 atom stereocenters. The molecule has 0 unspecified atom stereocenters. The minimum absolute atomic E-state index is 0.00213. The molecule has 0 aromatic carbocycles. The van der Waals surface area contributed by atoms with E-state index in [1.165, 1.54) is 0 Å². The van der Waals surface area contributed by atoms with Crippen LogP contribution in [0.15, 0.2) is 48.9 Å². The number of amides is 2. The lowest BCUT2D eigenvalue weighted by molar-refractivity contribution is 0.181. The van der Waals surface area contributed by atoms with Crippen molar-refractivity contribution >= 4 is 6.03 Å². The molecular weight excluding hydrogens is 316 g/mol. The molecule has 132 valence electrons. The van der Waals surface area contributed by atoms with Gasteiger partial charge < -0.3 is 15.0 Å². The fourth-order valence-corrected chi connectivity index (χ4v) is 2.98. The Hall–Kier alpha value is -2.63. The molecule has 6 nitrogen and oxygen atoms in total. The molecule has 3 heterocycles. The number of hydrogen-bond donors (Lipinski definition) is 1. The topological polar surface area (TPSA) is 67.4 Å².